The first-order valence-electron chi connectivity index (χ1n) is 5.71. The van der Waals surface area contributed by atoms with Gasteiger partial charge in [-0.25, -0.2) is 4.98 Å². The average molecular weight is 251 g/mol. The molecule has 1 aromatic heterocycles. The molecule has 1 aliphatic rings. The van der Waals surface area contributed by atoms with Crippen LogP contribution in [0.15, 0.2) is 18.3 Å². The van der Waals surface area contributed by atoms with Gasteiger partial charge in [0.05, 0.1) is 11.2 Å². The third-order valence-corrected chi connectivity index (χ3v) is 3.57. The van der Waals surface area contributed by atoms with Crippen molar-refractivity contribution < 1.29 is 4.74 Å². The Kier molecular flexibility index (Phi) is 3.59. The smallest absolute Gasteiger partial charge is 0.136 e. The van der Waals surface area contributed by atoms with Gasteiger partial charge in [-0.15, -0.1) is 0 Å². The first-order chi connectivity index (χ1) is 8.17. The van der Waals surface area contributed by atoms with Crippen molar-refractivity contribution >= 4 is 23.0 Å². The molecule has 17 heavy (non-hydrogen) atoms. The zero-order chi connectivity index (χ0) is 12.3. The van der Waals surface area contributed by atoms with Crippen LogP contribution in [0.25, 0.3) is 0 Å². The van der Waals surface area contributed by atoms with E-state index in [1.165, 1.54) is 6.42 Å². The monoisotopic (exact) mass is 251 g/mol. The lowest BCUT2D eigenvalue weighted by Crippen LogP contribution is -2.45. The lowest BCUT2D eigenvalue weighted by molar-refractivity contribution is -0.0601. The lowest BCUT2D eigenvalue weighted by Gasteiger charge is -2.40. The van der Waals surface area contributed by atoms with Gasteiger partial charge in [0.15, 0.2) is 0 Å². The molecule has 0 amide bonds. The zero-order valence-corrected chi connectivity index (χ0v) is 10.7. The third kappa shape index (κ3) is 2.56. The van der Waals surface area contributed by atoms with Crippen molar-refractivity contribution in [3.05, 3.63) is 23.9 Å². The highest BCUT2D eigenvalue weighted by atomic mass is 32.1. The molecule has 0 aliphatic heterocycles. The van der Waals surface area contributed by atoms with Crippen LogP contribution in [0.5, 0.6) is 0 Å². The highest BCUT2D eigenvalue weighted by Crippen LogP contribution is 2.35. The number of nitrogens with zero attached hydrogens (tertiary/aromatic N) is 1. The zero-order valence-electron chi connectivity index (χ0n) is 9.90. The largest absolute Gasteiger partial charge is 0.389 e. The molecule has 0 radical (unpaired) electrons. The van der Waals surface area contributed by atoms with E-state index < -0.39 is 0 Å². The molecule has 1 fully saturated rings. The minimum absolute atomic E-state index is 0.0367. The number of hydrogen-bond donors (Lipinski definition) is 2. The van der Waals surface area contributed by atoms with E-state index in [9.17, 15) is 0 Å². The van der Waals surface area contributed by atoms with Crippen LogP contribution in [0.3, 0.4) is 0 Å². The predicted molar refractivity (Wildman–Crippen MR) is 72.2 cm³/mol. The maximum atomic E-state index is 5.65. The van der Waals surface area contributed by atoms with Gasteiger partial charge in [-0.1, -0.05) is 12.2 Å². The Bertz CT molecular complexity index is 412. The average Bonchev–Trinajstić information content (AvgIpc) is 2.28. The summed E-state index contributed by atoms with van der Waals surface area (Å²) < 4.78 is 5.54. The number of nitrogens with two attached hydrogens (primary N) is 1. The number of anilines is 1. The summed E-state index contributed by atoms with van der Waals surface area (Å²) in [6, 6.07) is 3.70. The van der Waals surface area contributed by atoms with E-state index in [1.54, 1.807) is 13.3 Å². The van der Waals surface area contributed by atoms with E-state index in [4.69, 9.17) is 22.7 Å². The molecule has 0 unspecified atom stereocenters. The second-order valence-electron chi connectivity index (χ2n) is 4.36. The van der Waals surface area contributed by atoms with Crippen molar-refractivity contribution in [1.29, 1.82) is 0 Å². The van der Waals surface area contributed by atoms with E-state index in [2.05, 4.69) is 10.3 Å². The number of ether oxygens (including phenoxy) is 1. The molecule has 5 heteroatoms. The Morgan fingerprint density at radius 1 is 1.65 bits per heavy atom. The van der Waals surface area contributed by atoms with Gasteiger partial charge in [-0.05, 0) is 31.4 Å². The van der Waals surface area contributed by atoms with Gasteiger partial charge >= 0.3 is 0 Å². The highest BCUT2D eigenvalue weighted by molar-refractivity contribution is 7.80. The SMILES string of the molecule is COC1(CNc2ncccc2C(N)=S)CCC1. The van der Waals surface area contributed by atoms with Crippen molar-refractivity contribution in [3.8, 4) is 0 Å². The summed E-state index contributed by atoms with van der Waals surface area (Å²) in [7, 11) is 1.76. The summed E-state index contributed by atoms with van der Waals surface area (Å²) in [5.41, 5.74) is 6.40. The first kappa shape index (κ1) is 12.3. The van der Waals surface area contributed by atoms with E-state index >= 15 is 0 Å². The van der Waals surface area contributed by atoms with Gasteiger partial charge in [0, 0.05) is 19.9 Å². The number of pyridine rings is 1. The minimum Gasteiger partial charge on any atom is -0.389 e. The Morgan fingerprint density at radius 3 is 2.94 bits per heavy atom. The summed E-state index contributed by atoms with van der Waals surface area (Å²) in [5, 5.41) is 3.28. The Balaban J connectivity index is 2.06. The quantitative estimate of drug-likeness (QED) is 0.780. The molecule has 92 valence electrons. The Hall–Kier alpha value is -1.20. The predicted octanol–water partition coefficient (Wildman–Crippen LogP) is 1.70. The van der Waals surface area contributed by atoms with Crippen molar-refractivity contribution in [2.75, 3.05) is 19.0 Å². The van der Waals surface area contributed by atoms with Crippen LogP contribution in [0, 0.1) is 0 Å². The van der Waals surface area contributed by atoms with Crippen LogP contribution in [0.2, 0.25) is 0 Å². The second kappa shape index (κ2) is 4.98. The number of methoxy groups -OCH3 is 1. The van der Waals surface area contributed by atoms with E-state index in [0.29, 0.717) is 4.99 Å². The summed E-state index contributed by atoms with van der Waals surface area (Å²) in [6.45, 7) is 0.746. The number of thiocarbonyl (C=S) groups is 1. The molecule has 1 heterocycles. The van der Waals surface area contributed by atoms with E-state index in [0.717, 1.165) is 30.8 Å². The summed E-state index contributed by atoms with van der Waals surface area (Å²) in [5.74, 6) is 0.739. The number of hydrogen-bond acceptors (Lipinski definition) is 4. The standard InChI is InChI=1S/C12H17N3OS/c1-16-12(5-3-6-12)8-15-11-9(10(13)17)4-2-7-14-11/h2,4,7H,3,5-6,8H2,1H3,(H2,13,17)(H,14,15). The molecule has 1 saturated carbocycles. The topological polar surface area (TPSA) is 60.2 Å². The van der Waals surface area contributed by atoms with Crippen LogP contribution in [-0.4, -0.2) is 29.2 Å². The summed E-state index contributed by atoms with van der Waals surface area (Å²) >= 11 is 4.99. The maximum Gasteiger partial charge on any atom is 0.136 e. The van der Waals surface area contributed by atoms with Crippen LogP contribution < -0.4 is 11.1 Å². The van der Waals surface area contributed by atoms with Gasteiger partial charge in [-0.2, -0.15) is 0 Å². The lowest BCUT2D eigenvalue weighted by atomic mass is 9.80. The van der Waals surface area contributed by atoms with Gasteiger partial charge in [0.2, 0.25) is 0 Å². The molecular formula is C12H17N3OS. The van der Waals surface area contributed by atoms with Gasteiger partial charge in [0.25, 0.3) is 0 Å². The van der Waals surface area contributed by atoms with Crippen molar-refractivity contribution in [2.24, 2.45) is 5.73 Å². The van der Waals surface area contributed by atoms with Crippen LogP contribution >= 0.6 is 12.2 Å². The molecule has 0 atom stereocenters. The maximum absolute atomic E-state index is 5.65. The van der Waals surface area contributed by atoms with Crippen molar-refractivity contribution in [1.82, 2.24) is 4.98 Å². The van der Waals surface area contributed by atoms with E-state index in [-0.39, 0.29) is 5.60 Å². The van der Waals surface area contributed by atoms with E-state index in [1.807, 2.05) is 12.1 Å². The first-order valence-corrected chi connectivity index (χ1v) is 6.11. The fourth-order valence-electron chi connectivity index (χ4n) is 2.01. The minimum atomic E-state index is -0.0367. The molecule has 0 saturated heterocycles. The van der Waals surface area contributed by atoms with Crippen LogP contribution in [0.4, 0.5) is 5.82 Å². The molecule has 0 aromatic carbocycles. The Labute approximate surface area is 107 Å². The molecule has 0 spiro atoms. The fraction of sp³-hybridized carbons (Fsp3) is 0.500. The number of rotatable bonds is 5. The van der Waals surface area contributed by atoms with Crippen LogP contribution in [0.1, 0.15) is 24.8 Å². The molecule has 0 bridgehead atoms. The number of aromatic nitrogens is 1. The second-order valence-corrected chi connectivity index (χ2v) is 4.80. The molecule has 1 aromatic rings. The molecule has 4 nitrogen and oxygen atoms in total. The Morgan fingerprint density at radius 2 is 2.41 bits per heavy atom. The van der Waals surface area contributed by atoms with Gasteiger partial charge in [-0.3, -0.25) is 0 Å². The van der Waals surface area contributed by atoms with Crippen LogP contribution in [-0.2, 0) is 4.74 Å². The van der Waals surface area contributed by atoms with Crippen molar-refractivity contribution in [3.63, 3.8) is 0 Å². The molecule has 2 rings (SSSR count). The normalized spacial score (nSPS) is 17.2. The van der Waals surface area contributed by atoms with Gasteiger partial charge < -0.3 is 15.8 Å². The third-order valence-electron chi connectivity index (χ3n) is 3.35. The molecular weight excluding hydrogens is 234 g/mol. The summed E-state index contributed by atoms with van der Waals surface area (Å²) in [4.78, 5) is 4.62. The summed E-state index contributed by atoms with van der Waals surface area (Å²) in [6.07, 6.45) is 5.13. The fourth-order valence-corrected chi connectivity index (χ4v) is 2.18. The molecule has 1 aliphatic carbocycles. The number of nitrogens with one attached hydrogen (secondary N) is 1. The van der Waals surface area contributed by atoms with Gasteiger partial charge in [0.1, 0.15) is 10.8 Å². The molecule has 3 N–H and O–H groups in total. The highest BCUT2D eigenvalue weighted by Gasteiger charge is 2.36. The van der Waals surface area contributed by atoms with Crippen molar-refractivity contribution in [2.45, 2.75) is 24.9 Å².